The molecule has 0 spiro atoms. The number of imide groups is 1. The Morgan fingerprint density at radius 1 is 1.30 bits per heavy atom. The van der Waals surface area contributed by atoms with E-state index in [2.05, 4.69) is 10.6 Å². The van der Waals surface area contributed by atoms with Crippen molar-refractivity contribution in [3.05, 3.63) is 36.1 Å². The molecule has 3 rings (SSSR count). The first-order valence-corrected chi connectivity index (χ1v) is 6.26. The first-order valence-electron chi connectivity index (χ1n) is 6.26. The summed E-state index contributed by atoms with van der Waals surface area (Å²) in [4.78, 5) is 34.8. The van der Waals surface area contributed by atoms with E-state index in [4.69, 9.17) is 4.42 Å². The molecular weight excluding hydrogens is 260 g/mol. The van der Waals surface area contributed by atoms with E-state index in [9.17, 15) is 14.4 Å². The molecular formula is C14H12N2O4. The smallest absolute Gasteiger partial charge is 0.255 e. The predicted octanol–water partition coefficient (Wildman–Crippen LogP) is 0.968. The van der Waals surface area contributed by atoms with Crippen LogP contribution in [-0.4, -0.2) is 23.8 Å². The highest BCUT2D eigenvalue weighted by atomic mass is 16.3. The van der Waals surface area contributed by atoms with Crippen molar-refractivity contribution in [1.29, 1.82) is 0 Å². The van der Waals surface area contributed by atoms with Crippen LogP contribution in [0.5, 0.6) is 0 Å². The van der Waals surface area contributed by atoms with E-state index in [1.54, 1.807) is 18.2 Å². The zero-order valence-corrected chi connectivity index (χ0v) is 10.5. The fourth-order valence-corrected chi connectivity index (χ4v) is 2.22. The quantitative estimate of drug-likeness (QED) is 0.797. The number of carbonyl (C=O) groups excluding carboxylic acids is 3. The molecule has 1 aromatic heterocycles. The van der Waals surface area contributed by atoms with Crippen molar-refractivity contribution in [1.82, 2.24) is 10.6 Å². The fourth-order valence-electron chi connectivity index (χ4n) is 2.22. The van der Waals surface area contributed by atoms with Gasteiger partial charge in [0, 0.05) is 11.8 Å². The molecule has 2 N–H and O–H groups in total. The van der Waals surface area contributed by atoms with Crippen LogP contribution in [0.2, 0.25) is 0 Å². The van der Waals surface area contributed by atoms with Crippen LogP contribution < -0.4 is 10.6 Å². The monoisotopic (exact) mass is 272 g/mol. The molecule has 1 aliphatic rings. The maximum atomic E-state index is 12.2. The maximum absolute atomic E-state index is 12.2. The number of rotatable bonds is 2. The molecule has 1 atom stereocenters. The van der Waals surface area contributed by atoms with E-state index >= 15 is 0 Å². The molecule has 0 aliphatic carbocycles. The first-order chi connectivity index (χ1) is 9.65. The van der Waals surface area contributed by atoms with E-state index in [1.165, 1.54) is 6.26 Å². The van der Waals surface area contributed by atoms with Crippen molar-refractivity contribution < 1.29 is 18.8 Å². The first kappa shape index (κ1) is 12.4. The highest BCUT2D eigenvalue weighted by Gasteiger charge is 2.28. The number of nitrogens with one attached hydrogen (secondary N) is 2. The van der Waals surface area contributed by atoms with Crippen LogP contribution in [0.1, 0.15) is 23.2 Å². The van der Waals surface area contributed by atoms with E-state index < -0.39 is 11.9 Å². The largest absolute Gasteiger partial charge is 0.463 e. The van der Waals surface area contributed by atoms with Crippen molar-refractivity contribution in [2.24, 2.45) is 0 Å². The summed E-state index contributed by atoms with van der Waals surface area (Å²) in [5.74, 6) is -1.17. The maximum Gasteiger partial charge on any atom is 0.255 e. The SMILES string of the molecule is O=C1CCC(NC(=O)c2coc3ccccc23)C(=O)N1. The molecule has 6 nitrogen and oxygen atoms in total. The Balaban J connectivity index is 1.80. The molecule has 3 amide bonds. The van der Waals surface area contributed by atoms with Gasteiger partial charge in [-0.25, -0.2) is 0 Å². The van der Waals surface area contributed by atoms with Crippen LogP contribution >= 0.6 is 0 Å². The minimum absolute atomic E-state index is 0.225. The van der Waals surface area contributed by atoms with E-state index in [-0.39, 0.29) is 18.2 Å². The van der Waals surface area contributed by atoms with Gasteiger partial charge in [-0.3, -0.25) is 19.7 Å². The van der Waals surface area contributed by atoms with Crippen molar-refractivity contribution in [2.75, 3.05) is 0 Å². The van der Waals surface area contributed by atoms with Crippen LogP contribution in [0.3, 0.4) is 0 Å². The number of amides is 3. The zero-order valence-electron chi connectivity index (χ0n) is 10.5. The lowest BCUT2D eigenvalue weighted by molar-refractivity contribution is -0.134. The van der Waals surface area contributed by atoms with Gasteiger partial charge < -0.3 is 9.73 Å². The van der Waals surface area contributed by atoms with Gasteiger partial charge in [0.1, 0.15) is 17.9 Å². The normalized spacial score (nSPS) is 18.9. The van der Waals surface area contributed by atoms with Gasteiger partial charge in [-0.2, -0.15) is 0 Å². The van der Waals surface area contributed by atoms with Crippen LogP contribution in [-0.2, 0) is 9.59 Å². The number of fused-ring (bicyclic) bond motifs is 1. The van der Waals surface area contributed by atoms with E-state index in [0.717, 1.165) is 0 Å². The number of para-hydroxylation sites is 1. The Labute approximate surface area is 114 Å². The van der Waals surface area contributed by atoms with Gasteiger partial charge in [-0.05, 0) is 12.5 Å². The van der Waals surface area contributed by atoms with Crippen molar-refractivity contribution >= 4 is 28.7 Å². The lowest BCUT2D eigenvalue weighted by Crippen LogP contribution is -2.52. The number of benzene rings is 1. The summed E-state index contributed by atoms with van der Waals surface area (Å²) in [5.41, 5.74) is 0.992. The highest BCUT2D eigenvalue weighted by molar-refractivity contribution is 6.08. The summed E-state index contributed by atoms with van der Waals surface area (Å²) in [5, 5.41) is 5.51. The summed E-state index contributed by atoms with van der Waals surface area (Å²) in [7, 11) is 0. The van der Waals surface area contributed by atoms with Gasteiger partial charge in [-0.1, -0.05) is 18.2 Å². The average Bonchev–Trinajstić information content (AvgIpc) is 2.86. The standard InChI is InChI=1S/C14H12N2O4/c17-12-6-5-10(14(19)16-12)15-13(18)9-7-20-11-4-2-1-3-8(9)11/h1-4,7,10H,5-6H2,(H,15,18)(H,16,17,19). The second-order valence-corrected chi connectivity index (χ2v) is 4.62. The highest BCUT2D eigenvalue weighted by Crippen LogP contribution is 2.20. The summed E-state index contributed by atoms with van der Waals surface area (Å²) in [6.45, 7) is 0. The number of hydrogen-bond acceptors (Lipinski definition) is 4. The van der Waals surface area contributed by atoms with E-state index in [1.807, 2.05) is 6.07 Å². The predicted molar refractivity (Wildman–Crippen MR) is 69.9 cm³/mol. The minimum Gasteiger partial charge on any atom is -0.463 e. The molecule has 2 aromatic rings. The Bertz CT molecular complexity index is 704. The number of furan rings is 1. The van der Waals surface area contributed by atoms with E-state index in [0.29, 0.717) is 23.0 Å². The van der Waals surface area contributed by atoms with Gasteiger partial charge in [0.05, 0.1) is 5.56 Å². The Morgan fingerprint density at radius 3 is 2.90 bits per heavy atom. The lowest BCUT2D eigenvalue weighted by atomic mass is 10.1. The number of carbonyl (C=O) groups is 3. The second kappa shape index (κ2) is 4.80. The second-order valence-electron chi connectivity index (χ2n) is 4.62. The van der Waals surface area contributed by atoms with Crippen molar-refractivity contribution in [3.8, 4) is 0 Å². The molecule has 20 heavy (non-hydrogen) atoms. The third kappa shape index (κ3) is 2.16. The zero-order chi connectivity index (χ0) is 14.1. The molecule has 0 bridgehead atoms. The molecule has 0 saturated carbocycles. The van der Waals surface area contributed by atoms with Gasteiger partial charge in [0.15, 0.2) is 0 Å². The molecule has 1 aromatic carbocycles. The molecule has 102 valence electrons. The molecule has 1 fully saturated rings. The van der Waals surface area contributed by atoms with Gasteiger partial charge in [0.2, 0.25) is 11.8 Å². The van der Waals surface area contributed by atoms with Gasteiger partial charge in [0.25, 0.3) is 5.91 Å². The molecule has 2 heterocycles. The van der Waals surface area contributed by atoms with Crippen LogP contribution in [0.25, 0.3) is 11.0 Å². The summed E-state index contributed by atoms with van der Waals surface area (Å²) in [6, 6.07) is 6.47. The Hall–Kier alpha value is -2.63. The molecule has 1 saturated heterocycles. The molecule has 6 heteroatoms. The summed E-state index contributed by atoms with van der Waals surface area (Å²) < 4.78 is 5.29. The number of piperidine rings is 1. The van der Waals surface area contributed by atoms with Crippen LogP contribution in [0, 0.1) is 0 Å². The lowest BCUT2D eigenvalue weighted by Gasteiger charge is -2.21. The average molecular weight is 272 g/mol. The third-order valence-corrected chi connectivity index (χ3v) is 3.27. The molecule has 1 aliphatic heterocycles. The number of hydrogen-bond donors (Lipinski definition) is 2. The topological polar surface area (TPSA) is 88.4 Å². The van der Waals surface area contributed by atoms with Gasteiger partial charge >= 0.3 is 0 Å². The van der Waals surface area contributed by atoms with Gasteiger partial charge in [-0.15, -0.1) is 0 Å². The molecule has 1 unspecified atom stereocenters. The Kier molecular flexibility index (Phi) is 2.98. The summed E-state index contributed by atoms with van der Waals surface area (Å²) >= 11 is 0. The Morgan fingerprint density at radius 2 is 2.10 bits per heavy atom. The van der Waals surface area contributed by atoms with Crippen molar-refractivity contribution in [2.45, 2.75) is 18.9 Å². The fraction of sp³-hybridized carbons (Fsp3) is 0.214. The van der Waals surface area contributed by atoms with Crippen LogP contribution in [0.15, 0.2) is 34.9 Å². The third-order valence-electron chi connectivity index (χ3n) is 3.27. The molecule has 0 radical (unpaired) electrons. The van der Waals surface area contributed by atoms with Crippen LogP contribution in [0.4, 0.5) is 0 Å². The summed E-state index contributed by atoms with van der Waals surface area (Å²) in [6.07, 6.45) is 1.90. The van der Waals surface area contributed by atoms with Crippen molar-refractivity contribution in [3.63, 3.8) is 0 Å². The minimum atomic E-state index is -0.686.